The second-order valence-corrected chi connectivity index (χ2v) is 4.80. The summed E-state index contributed by atoms with van der Waals surface area (Å²) in [6, 6.07) is 0. The van der Waals surface area contributed by atoms with Crippen molar-refractivity contribution in [2.45, 2.75) is 38.5 Å². The van der Waals surface area contributed by atoms with E-state index in [2.05, 4.69) is 16.0 Å². The molecular formula is C13H17ClN2. The summed E-state index contributed by atoms with van der Waals surface area (Å²) in [6.45, 7) is 2.02. The van der Waals surface area contributed by atoms with Gasteiger partial charge in [-0.05, 0) is 44.1 Å². The van der Waals surface area contributed by atoms with Crippen molar-refractivity contribution in [3.8, 4) is 0 Å². The van der Waals surface area contributed by atoms with Crippen molar-refractivity contribution in [3.05, 3.63) is 35.4 Å². The number of rotatable bonds is 2. The molecule has 0 atom stereocenters. The first-order chi connectivity index (χ1) is 7.79. The second kappa shape index (κ2) is 5.44. The maximum Gasteiger partial charge on any atom is 0.131 e. The van der Waals surface area contributed by atoms with Crippen LogP contribution in [0.4, 0.5) is 0 Å². The molecule has 0 aliphatic heterocycles. The van der Waals surface area contributed by atoms with E-state index in [1.165, 1.54) is 25.7 Å². The van der Waals surface area contributed by atoms with Crippen molar-refractivity contribution in [3.63, 3.8) is 0 Å². The molecule has 1 heterocycles. The lowest BCUT2D eigenvalue weighted by Crippen LogP contribution is -2.13. The first-order valence-electron chi connectivity index (χ1n) is 5.85. The molecule has 0 amide bonds. The fraction of sp³-hybridized carbons (Fsp3) is 0.538. The van der Waals surface area contributed by atoms with Crippen molar-refractivity contribution in [2.75, 3.05) is 0 Å². The van der Waals surface area contributed by atoms with Crippen LogP contribution in [0, 0.1) is 12.8 Å². The molecule has 1 aliphatic carbocycles. The summed E-state index contributed by atoms with van der Waals surface area (Å²) in [5.41, 5.74) is 2.77. The Labute approximate surface area is 102 Å². The van der Waals surface area contributed by atoms with Gasteiger partial charge in [0.15, 0.2) is 0 Å². The predicted octanol–water partition coefficient (Wildman–Crippen LogP) is 3.81. The third kappa shape index (κ3) is 2.82. The van der Waals surface area contributed by atoms with Gasteiger partial charge in [0.25, 0.3) is 0 Å². The second-order valence-electron chi connectivity index (χ2n) is 4.55. The molecule has 3 heteroatoms. The maximum atomic E-state index is 5.60. The minimum atomic E-state index is 0.542. The lowest BCUT2D eigenvalue weighted by atomic mass is 9.82. The van der Waals surface area contributed by atoms with E-state index in [1.807, 2.05) is 19.3 Å². The Morgan fingerprint density at radius 2 is 1.81 bits per heavy atom. The van der Waals surface area contributed by atoms with Crippen molar-refractivity contribution < 1.29 is 0 Å². The molecule has 1 aromatic rings. The molecule has 0 unspecified atom stereocenters. The third-order valence-corrected chi connectivity index (χ3v) is 3.43. The lowest BCUT2D eigenvalue weighted by molar-refractivity contribution is 0.366. The molecular weight excluding hydrogens is 220 g/mol. The van der Waals surface area contributed by atoms with Gasteiger partial charge in [0.05, 0.1) is 0 Å². The van der Waals surface area contributed by atoms with Crippen molar-refractivity contribution in [1.82, 2.24) is 9.97 Å². The van der Waals surface area contributed by atoms with E-state index in [0.29, 0.717) is 11.8 Å². The van der Waals surface area contributed by atoms with Crippen LogP contribution < -0.4 is 0 Å². The van der Waals surface area contributed by atoms with Gasteiger partial charge in [-0.15, -0.1) is 0 Å². The van der Waals surface area contributed by atoms with E-state index in [9.17, 15) is 0 Å². The van der Waals surface area contributed by atoms with E-state index in [-0.39, 0.29) is 0 Å². The summed E-state index contributed by atoms with van der Waals surface area (Å²) < 4.78 is 0. The number of nitrogens with zero attached hydrogens (tertiary/aromatic N) is 2. The van der Waals surface area contributed by atoms with E-state index in [4.69, 9.17) is 11.6 Å². The summed E-state index contributed by atoms with van der Waals surface area (Å²) >= 11 is 5.60. The van der Waals surface area contributed by atoms with Crippen LogP contribution in [-0.4, -0.2) is 9.97 Å². The fourth-order valence-electron chi connectivity index (χ4n) is 2.29. The van der Waals surface area contributed by atoms with Crippen LogP contribution >= 0.6 is 11.6 Å². The number of hydrogen-bond donors (Lipinski definition) is 0. The van der Waals surface area contributed by atoms with Crippen molar-refractivity contribution in [1.29, 1.82) is 0 Å². The Kier molecular flexibility index (Phi) is 3.94. The molecule has 1 saturated carbocycles. The van der Waals surface area contributed by atoms with Gasteiger partial charge < -0.3 is 0 Å². The molecule has 0 spiro atoms. The van der Waals surface area contributed by atoms with Gasteiger partial charge >= 0.3 is 0 Å². The number of halogens is 1. The van der Waals surface area contributed by atoms with E-state index in [0.717, 1.165) is 11.4 Å². The molecule has 2 rings (SSSR count). The smallest absolute Gasteiger partial charge is 0.131 e. The predicted molar refractivity (Wildman–Crippen MR) is 66.5 cm³/mol. The summed E-state index contributed by atoms with van der Waals surface area (Å²) in [4.78, 5) is 8.84. The summed E-state index contributed by atoms with van der Waals surface area (Å²) in [7, 11) is 0. The highest BCUT2D eigenvalue weighted by Gasteiger charge is 2.22. The van der Waals surface area contributed by atoms with E-state index < -0.39 is 0 Å². The van der Waals surface area contributed by atoms with Crippen LogP contribution in [0.15, 0.2) is 24.0 Å². The van der Waals surface area contributed by atoms with Gasteiger partial charge in [-0.25, -0.2) is 9.97 Å². The standard InChI is InChI=1S/C13H17ClN2/c1-10-8-15-13(16-9-10)12-4-2-11(3-5-12)6-7-14/h6-9,11-12H,2-5H2,1H3. The number of aryl methyl sites for hydroxylation is 1. The van der Waals surface area contributed by atoms with Crippen LogP contribution in [-0.2, 0) is 0 Å². The number of allylic oxidation sites excluding steroid dienone is 1. The first kappa shape index (κ1) is 11.6. The zero-order chi connectivity index (χ0) is 11.4. The largest absolute Gasteiger partial charge is 0.241 e. The molecule has 1 fully saturated rings. The normalized spacial score (nSPS) is 26.1. The third-order valence-electron chi connectivity index (χ3n) is 3.28. The molecule has 1 aromatic heterocycles. The Morgan fingerprint density at radius 1 is 1.19 bits per heavy atom. The van der Waals surface area contributed by atoms with Gasteiger partial charge in [0.1, 0.15) is 5.82 Å². The Hall–Kier alpha value is -0.890. The molecule has 0 N–H and O–H groups in total. The number of hydrogen-bond acceptors (Lipinski definition) is 2. The fourth-order valence-corrected chi connectivity index (χ4v) is 2.49. The Bertz CT molecular complexity index is 351. The van der Waals surface area contributed by atoms with E-state index in [1.54, 1.807) is 5.54 Å². The van der Waals surface area contributed by atoms with Gasteiger partial charge in [0.2, 0.25) is 0 Å². The first-order valence-corrected chi connectivity index (χ1v) is 6.28. The molecule has 0 radical (unpaired) electrons. The SMILES string of the molecule is Cc1cnc(C2CCC(C=CCl)CC2)nc1. The molecule has 16 heavy (non-hydrogen) atoms. The highest BCUT2D eigenvalue weighted by molar-refractivity contribution is 6.25. The monoisotopic (exact) mass is 236 g/mol. The highest BCUT2D eigenvalue weighted by Crippen LogP contribution is 2.34. The molecule has 0 bridgehead atoms. The average molecular weight is 237 g/mol. The maximum absolute atomic E-state index is 5.60. The Morgan fingerprint density at radius 3 is 2.38 bits per heavy atom. The van der Waals surface area contributed by atoms with Crippen LogP contribution in [0.2, 0.25) is 0 Å². The van der Waals surface area contributed by atoms with Crippen molar-refractivity contribution >= 4 is 11.6 Å². The van der Waals surface area contributed by atoms with Crippen LogP contribution in [0.1, 0.15) is 43.0 Å². The van der Waals surface area contributed by atoms with Crippen LogP contribution in [0.5, 0.6) is 0 Å². The topological polar surface area (TPSA) is 25.8 Å². The van der Waals surface area contributed by atoms with Gasteiger partial charge in [-0.3, -0.25) is 0 Å². The minimum absolute atomic E-state index is 0.542. The zero-order valence-electron chi connectivity index (χ0n) is 9.56. The quantitative estimate of drug-likeness (QED) is 0.780. The lowest BCUT2D eigenvalue weighted by Gasteiger charge is -2.25. The minimum Gasteiger partial charge on any atom is -0.241 e. The highest BCUT2D eigenvalue weighted by atomic mass is 35.5. The molecule has 0 saturated heterocycles. The van der Waals surface area contributed by atoms with Gasteiger partial charge in [-0.2, -0.15) is 0 Å². The zero-order valence-corrected chi connectivity index (χ0v) is 10.3. The molecule has 86 valence electrons. The van der Waals surface area contributed by atoms with Gasteiger partial charge in [-0.1, -0.05) is 17.7 Å². The van der Waals surface area contributed by atoms with Gasteiger partial charge in [0, 0.05) is 23.8 Å². The molecule has 1 aliphatic rings. The van der Waals surface area contributed by atoms with Crippen molar-refractivity contribution in [2.24, 2.45) is 5.92 Å². The summed E-state index contributed by atoms with van der Waals surface area (Å²) in [5, 5.41) is 0. The van der Waals surface area contributed by atoms with E-state index >= 15 is 0 Å². The molecule has 2 nitrogen and oxygen atoms in total. The van der Waals surface area contributed by atoms with Crippen LogP contribution in [0.3, 0.4) is 0 Å². The number of aromatic nitrogens is 2. The Balaban J connectivity index is 1.96. The summed E-state index contributed by atoms with van der Waals surface area (Å²) in [6.07, 6.45) is 10.7. The summed E-state index contributed by atoms with van der Waals surface area (Å²) in [5.74, 6) is 2.21. The molecule has 0 aromatic carbocycles. The average Bonchev–Trinajstić information content (AvgIpc) is 2.32. The van der Waals surface area contributed by atoms with Crippen LogP contribution in [0.25, 0.3) is 0 Å².